The molecule has 0 radical (unpaired) electrons. The zero-order chi connectivity index (χ0) is 16.3. The van der Waals surface area contributed by atoms with E-state index in [1.165, 1.54) is 12.0 Å². The van der Waals surface area contributed by atoms with Crippen LogP contribution in [0.25, 0.3) is 0 Å². The van der Waals surface area contributed by atoms with Crippen LogP contribution in [0.4, 0.5) is 0 Å². The van der Waals surface area contributed by atoms with Gasteiger partial charge in [-0.25, -0.2) is 4.99 Å². The smallest absolute Gasteiger partial charge is 0.193 e. The van der Waals surface area contributed by atoms with Crippen molar-refractivity contribution in [2.45, 2.75) is 31.9 Å². The second kappa shape index (κ2) is 12.5. The third-order valence-corrected chi connectivity index (χ3v) is 3.75. The Balaban J connectivity index is 0.00000288. The highest BCUT2D eigenvalue weighted by Gasteiger charge is 2.14. The van der Waals surface area contributed by atoms with E-state index in [2.05, 4.69) is 22.4 Å². The predicted molar refractivity (Wildman–Crippen MR) is 109 cm³/mol. The van der Waals surface area contributed by atoms with Crippen LogP contribution in [-0.4, -0.2) is 57.4 Å². The first-order valence-electron chi connectivity index (χ1n) is 8.44. The van der Waals surface area contributed by atoms with Gasteiger partial charge >= 0.3 is 0 Å². The van der Waals surface area contributed by atoms with Crippen molar-refractivity contribution in [2.24, 2.45) is 4.99 Å². The molecule has 1 aliphatic heterocycles. The van der Waals surface area contributed by atoms with Crippen LogP contribution in [0, 0.1) is 0 Å². The van der Waals surface area contributed by atoms with Crippen molar-refractivity contribution in [1.82, 2.24) is 10.2 Å². The molecule has 0 aliphatic carbocycles. The van der Waals surface area contributed by atoms with E-state index in [1.807, 2.05) is 37.2 Å². The van der Waals surface area contributed by atoms with Gasteiger partial charge in [-0.2, -0.15) is 0 Å². The van der Waals surface area contributed by atoms with E-state index in [4.69, 9.17) is 9.47 Å². The molecule has 0 spiro atoms. The summed E-state index contributed by atoms with van der Waals surface area (Å²) in [4.78, 5) is 6.66. The van der Waals surface area contributed by atoms with Gasteiger partial charge in [-0.05, 0) is 24.8 Å². The minimum atomic E-state index is 0. The van der Waals surface area contributed by atoms with Crippen LogP contribution >= 0.6 is 24.0 Å². The largest absolute Gasteiger partial charge is 0.379 e. The number of rotatable bonds is 8. The monoisotopic (exact) mass is 447 g/mol. The van der Waals surface area contributed by atoms with Crippen molar-refractivity contribution in [3.63, 3.8) is 0 Å². The second-order valence-corrected chi connectivity index (χ2v) is 6.01. The van der Waals surface area contributed by atoms with Gasteiger partial charge in [0, 0.05) is 33.9 Å². The van der Waals surface area contributed by atoms with Gasteiger partial charge in [0.25, 0.3) is 0 Å². The Morgan fingerprint density at radius 3 is 2.79 bits per heavy atom. The van der Waals surface area contributed by atoms with E-state index < -0.39 is 0 Å². The van der Waals surface area contributed by atoms with E-state index in [0.717, 1.165) is 45.2 Å². The molecule has 1 unspecified atom stereocenters. The van der Waals surface area contributed by atoms with Gasteiger partial charge < -0.3 is 19.7 Å². The normalized spacial score (nSPS) is 17.4. The summed E-state index contributed by atoms with van der Waals surface area (Å²) in [6.07, 6.45) is 3.58. The molecule has 1 heterocycles. The fraction of sp³-hybridized carbons (Fsp3) is 0.611. The molecule has 5 nitrogen and oxygen atoms in total. The molecule has 1 N–H and O–H groups in total. The predicted octanol–water partition coefficient (Wildman–Crippen LogP) is 2.90. The Bertz CT molecular complexity index is 463. The zero-order valence-electron chi connectivity index (χ0n) is 14.7. The number of benzene rings is 1. The fourth-order valence-electron chi connectivity index (χ4n) is 2.47. The number of nitrogens with zero attached hydrogens (tertiary/aromatic N) is 2. The van der Waals surface area contributed by atoms with Crippen molar-refractivity contribution in [3.05, 3.63) is 35.9 Å². The molecule has 0 amide bonds. The molecule has 1 fully saturated rings. The van der Waals surface area contributed by atoms with Gasteiger partial charge in [-0.3, -0.25) is 0 Å². The third kappa shape index (κ3) is 8.30. The van der Waals surface area contributed by atoms with Gasteiger partial charge in [0.05, 0.1) is 19.3 Å². The lowest BCUT2D eigenvalue weighted by molar-refractivity contribution is 0.0168. The molecule has 0 bridgehead atoms. The van der Waals surface area contributed by atoms with Gasteiger partial charge in [-0.1, -0.05) is 30.3 Å². The average Bonchev–Trinajstić information content (AvgIpc) is 3.07. The SMILES string of the molecule is CN(C)C(=NCc1ccccc1)NCCCOCC1CCCO1.I. The minimum absolute atomic E-state index is 0. The molecular weight excluding hydrogens is 417 g/mol. The van der Waals surface area contributed by atoms with Gasteiger partial charge in [0.1, 0.15) is 0 Å². The molecule has 0 saturated carbocycles. The number of guanidine groups is 1. The summed E-state index contributed by atoms with van der Waals surface area (Å²) in [7, 11) is 4.01. The Kier molecular flexibility index (Phi) is 11.0. The first kappa shape index (κ1) is 21.2. The summed E-state index contributed by atoms with van der Waals surface area (Å²) >= 11 is 0. The third-order valence-electron chi connectivity index (χ3n) is 3.75. The fourth-order valence-corrected chi connectivity index (χ4v) is 2.47. The molecule has 0 aromatic heterocycles. The molecule has 1 aliphatic rings. The molecule has 1 atom stereocenters. The van der Waals surface area contributed by atoms with E-state index in [0.29, 0.717) is 12.6 Å². The molecule has 6 heteroatoms. The number of halogens is 1. The van der Waals surface area contributed by atoms with Crippen molar-refractivity contribution >= 4 is 29.9 Å². The number of hydrogen-bond donors (Lipinski definition) is 1. The quantitative estimate of drug-likeness (QED) is 0.288. The molecule has 1 saturated heterocycles. The Morgan fingerprint density at radius 1 is 1.33 bits per heavy atom. The summed E-state index contributed by atoms with van der Waals surface area (Å²) in [5.74, 6) is 0.910. The zero-order valence-corrected chi connectivity index (χ0v) is 17.1. The maximum atomic E-state index is 5.67. The molecule has 1 aromatic carbocycles. The van der Waals surface area contributed by atoms with Gasteiger partial charge in [0.15, 0.2) is 5.96 Å². The van der Waals surface area contributed by atoms with Crippen molar-refractivity contribution < 1.29 is 9.47 Å². The Morgan fingerprint density at radius 2 is 2.12 bits per heavy atom. The van der Waals surface area contributed by atoms with Crippen LogP contribution in [0.1, 0.15) is 24.8 Å². The van der Waals surface area contributed by atoms with Crippen LogP contribution in [0.5, 0.6) is 0 Å². The van der Waals surface area contributed by atoms with Crippen molar-refractivity contribution in [3.8, 4) is 0 Å². The number of nitrogens with one attached hydrogen (secondary N) is 1. The highest BCUT2D eigenvalue weighted by atomic mass is 127. The lowest BCUT2D eigenvalue weighted by atomic mass is 10.2. The first-order chi connectivity index (χ1) is 11.3. The summed E-state index contributed by atoms with van der Waals surface area (Å²) in [5.41, 5.74) is 1.22. The van der Waals surface area contributed by atoms with E-state index >= 15 is 0 Å². The van der Waals surface area contributed by atoms with Gasteiger partial charge in [0.2, 0.25) is 0 Å². The summed E-state index contributed by atoms with van der Waals surface area (Å²) in [6, 6.07) is 10.3. The van der Waals surface area contributed by atoms with Crippen molar-refractivity contribution in [2.75, 3.05) is 40.5 Å². The standard InChI is InChI=1S/C18H29N3O2.HI/c1-21(2)18(20-14-16-8-4-3-5-9-16)19-11-7-12-22-15-17-10-6-13-23-17;/h3-5,8-9,17H,6-7,10-15H2,1-2H3,(H,19,20);1H. The maximum Gasteiger partial charge on any atom is 0.193 e. The molecule has 24 heavy (non-hydrogen) atoms. The maximum absolute atomic E-state index is 5.67. The first-order valence-corrected chi connectivity index (χ1v) is 8.44. The minimum Gasteiger partial charge on any atom is -0.379 e. The second-order valence-electron chi connectivity index (χ2n) is 6.01. The Hall–Kier alpha value is -0.860. The average molecular weight is 447 g/mol. The number of aliphatic imine (C=N–C) groups is 1. The number of hydrogen-bond acceptors (Lipinski definition) is 3. The molecular formula is C18H30IN3O2. The topological polar surface area (TPSA) is 46.1 Å². The van der Waals surface area contributed by atoms with Crippen LogP contribution in [0.15, 0.2) is 35.3 Å². The van der Waals surface area contributed by atoms with E-state index in [1.54, 1.807) is 0 Å². The lowest BCUT2D eigenvalue weighted by Crippen LogP contribution is -2.37. The van der Waals surface area contributed by atoms with Crippen LogP contribution in [0.3, 0.4) is 0 Å². The molecule has 136 valence electrons. The number of ether oxygens (including phenoxy) is 2. The molecule has 2 rings (SSSR count). The van der Waals surface area contributed by atoms with E-state index in [9.17, 15) is 0 Å². The van der Waals surface area contributed by atoms with Crippen LogP contribution in [-0.2, 0) is 16.0 Å². The van der Waals surface area contributed by atoms with Crippen molar-refractivity contribution in [1.29, 1.82) is 0 Å². The summed E-state index contributed by atoms with van der Waals surface area (Å²) in [5, 5.41) is 3.38. The Labute approximate surface area is 162 Å². The highest BCUT2D eigenvalue weighted by molar-refractivity contribution is 14.0. The van der Waals surface area contributed by atoms with Gasteiger partial charge in [-0.15, -0.1) is 24.0 Å². The summed E-state index contributed by atoms with van der Waals surface area (Å²) in [6.45, 7) is 3.92. The van der Waals surface area contributed by atoms with Crippen LogP contribution < -0.4 is 5.32 Å². The molecule has 1 aromatic rings. The summed E-state index contributed by atoms with van der Waals surface area (Å²) < 4.78 is 11.2. The van der Waals surface area contributed by atoms with Crippen LogP contribution in [0.2, 0.25) is 0 Å². The lowest BCUT2D eigenvalue weighted by Gasteiger charge is -2.18. The van der Waals surface area contributed by atoms with E-state index in [-0.39, 0.29) is 24.0 Å². The highest BCUT2D eigenvalue weighted by Crippen LogP contribution is 2.11.